The van der Waals surface area contributed by atoms with Crippen LogP contribution in [0.5, 0.6) is 0 Å². The lowest BCUT2D eigenvalue weighted by atomic mass is 10.0. The summed E-state index contributed by atoms with van der Waals surface area (Å²) in [6.07, 6.45) is -0.777. The monoisotopic (exact) mass is 584 g/mol. The fraction of sp³-hybridized carbons (Fsp3) is 0.206. The maximum atomic E-state index is 14.7. The first-order valence-electron chi connectivity index (χ1n) is 14.1. The number of benzene rings is 4. The number of anilines is 1. The van der Waals surface area contributed by atoms with Crippen molar-refractivity contribution in [3.05, 3.63) is 125 Å². The molecule has 43 heavy (non-hydrogen) atoms. The Labute approximate surface area is 246 Å². The fourth-order valence-corrected chi connectivity index (χ4v) is 5.17. The minimum absolute atomic E-state index is 0.0832. The Balaban J connectivity index is 1.22. The van der Waals surface area contributed by atoms with Crippen molar-refractivity contribution >= 4 is 22.6 Å². The number of carbonyl (C=O) groups excluding carboxylic acids is 1. The van der Waals surface area contributed by atoms with Crippen LogP contribution in [0.3, 0.4) is 0 Å². The van der Waals surface area contributed by atoms with Crippen molar-refractivity contribution in [2.45, 2.75) is 38.0 Å². The van der Waals surface area contributed by atoms with Crippen molar-refractivity contribution in [2.24, 2.45) is 0 Å². The molecule has 1 amide bonds. The molecule has 1 aliphatic rings. The first-order chi connectivity index (χ1) is 20.8. The molecule has 0 aliphatic heterocycles. The van der Waals surface area contributed by atoms with Gasteiger partial charge in [0.25, 0.3) is 5.91 Å². The number of rotatable bonds is 9. The molecule has 4 aromatic carbocycles. The minimum Gasteiger partial charge on any atom is -0.369 e. The largest absolute Gasteiger partial charge is 0.416 e. The lowest BCUT2D eigenvalue weighted by Gasteiger charge is -2.23. The maximum Gasteiger partial charge on any atom is 0.416 e. The number of aromatic nitrogens is 2. The second-order valence-corrected chi connectivity index (χ2v) is 10.7. The average molecular weight is 585 g/mol. The van der Waals surface area contributed by atoms with Crippen LogP contribution in [0.1, 0.15) is 39.9 Å². The number of carbonyl (C=O) groups is 1. The highest BCUT2D eigenvalue weighted by Crippen LogP contribution is 2.34. The zero-order valence-electron chi connectivity index (χ0n) is 23.1. The van der Waals surface area contributed by atoms with Crippen LogP contribution >= 0.6 is 0 Å². The topological polar surface area (TPSA) is 58.1 Å². The molecule has 1 fully saturated rings. The Bertz CT molecular complexity index is 1770. The highest BCUT2D eigenvalue weighted by molar-refractivity contribution is 5.95. The Kier molecular flexibility index (Phi) is 7.80. The number of halogens is 4. The van der Waals surface area contributed by atoms with E-state index in [1.165, 1.54) is 11.9 Å². The van der Waals surface area contributed by atoms with Gasteiger partial charge >= 0.3 is 6.18 Å². The molecule has 0 radical (unpaired) electrons. The molecular formula is C34H28F4N4O. The van der Waals surface area contributed by atoms with Gasteiger partial charge in [-0.3, -0.25) is 4.79 Å². The van der Waals surface area contributed by atoms with Crippen molar-refractivity contribution in [1.29, 1.82) is 0 Å². The van der Waals surface area contributed by atoms with Crippen LogP contribution in [0.25, 0.3) is 22.0 Å². The van der Waals surface area contributed by atoms with Crippen molar-refractivity contribution in [1.82, 2.24) is 14.9 Å². The molecule has 0 unspecified atom stereocenters. The molecule has 218 valence electrons. The second kappa shape index (κ2) is 11.8. The standard InChI is InChI=1S/C34H28F4N4O/c35-30-19-26(34(36,37)38)10-13-28(30)33(43)42(27-11-12-27)20-23-7-4-8-24(17-23)25-9-14-31-29(18-25)32(41-21-40-31)39-16-15-22-5-2-1-3-6-22/h1-10,13-14,17-19,21,27H,11-12,15-16,20H2,(H,39,40,41). The molecule has 0 spiro atoms. The molecule has 6 rings (SSSR count). The van der Waals surface area contributed by atoms with E-state index < -0.39 is 23.5 Å². The third-order valence-electron chi connectivity index (χ3n) is 7.57. The lowest BCUT2D eigenvalue weighted by Crippen LogP contribution is -2.33. The Morgan fingerprint density at radius 3 is 2.37 bits per heavy atom. The molecule has 0 bridgehead atoms. The third-order valence-corrected chi connectivity index (χ3v) is 7.57. The normalized spacial score (nSPS) is 13.2. The van der Waals surface area contributed by atoms with Gasteiger partial charge in [-0.25, -0.2) is 14.4 Å². The van der Waals surface area contributed by atoms with Gasteiger partial charge in [-0.05, 0) is 77.9 Å². The van der Waals surface area contributed by atoms with Crippen LogP contribution in [0, 0.1) is 5.82 Å². The Morgan fingerprint density at radius 2 is 1.63 bits per heavy atom. The van der Waals surface area contributed by atoms with Crippen molar-refractivity contribution in [3.63, 3.8) is 0 Å². The van der Waals surface area contributed by atoms with Gasteiger partial charge in [0.2, 0.25) is 0 Å². The molecule has 5 aromatic rings. The van der Waals surface area contributed by atoms with E-state index >= 15 is 0 Å². The van der Waals surface area contributed by atoms with Crippen LogP contribution in [0.2, 0.25) is 0 Å². The molecule has 1 saturated carbocycles. The highest BCUT2D eigenvalue weighted by Gasteiger charge is 2.36. The summed E-state index contributed by atoms with van der Waals surface area (Å²) in [5, 5.41) is 4.31. The van der Waals surface area contributed by atoms with Gasteiger partial charge in [-0.15, -0.1) is 0 Å². The van der Waals surface area contributed by atoms with Gasteiger partial charge in [-0.1, -0.05) is 54.6 Å². The van der Waals surface area contributed by atoms with E-state index in [2.05, 4.69) is 27.4 Å². The van der Waals surface area contributed by atoms with Crippen molar-refractivity contribution in [3.8, 4) is 11.1 Å². The zero-order chi connectivity index (χ0) is 30.0. The zero-order valence-corrected chi connectivity index (χ0v) is 23.1. The molecule has 9 heteroatoms. The molecule has 1 aliphatic carbocycles. The lowest BCUT2D eigenvalue weighted by molar-refractivity contribution is -0.137. The predicted molar refractivity (Wildman–Crippen MR) is 158 cm³/mol. The van der Waals surface area contributed by atoms with Crippen LogP contribution in [0.15, 0.2) is 97.3 Å². The van der Waals surface area contributed by atoms with E-state index in [1.54, 1.807) is 4.90 Å². The molecular weight excluding hydrogens is 556 g/mol. The summed E-state index contributed by atoms with van der Waals surface area (Å²) in [6, 6.07) is 25.8. The second-order valence-electron chi connectivity index (χ2n) is 10.7. The van der Waals surface area contributed by atoms with Crippen LogP contribution in [-0.4, -0.2) is 33.4 Å². The predicted octanol–water partition coefficient (Wildman–Crippen LogP) is 7.91. The summed E-state index contributed by atoms with van der Waals surface area (Å²) < 4.78 is 53.7. The minimum atomic E-state index is -4.69. The van der Waals surface area contributed by atoms with Gasteiger partial charge in [0, 0.05) is 24.5 Å². The number of amides is 1. The van der Waals surface area contributed by atoms with E-state index in [0.717, 1.165) is 64.8 Å². The highest BCUT2D eigenvalue weighted by atomic mass is 19.4. The number of hydrogen-bond donors (Lipinski definition) is 1. The SMILES string of the molecule is O=C(c1ccc(C(F)(F)F)cc1F)N(Cc1cccc(-c2ccc3ncnc(NCCc4ccccc4)c3c2)c1)C1CC1. The number of fused-ring (bicyclic) bond motifs is 1. The smallest absolute Gasteiger partial charge is 0.369 e. The van der Waals surface area contributed by atoms with E-state index in [9.17, 15) is 22.4 Å². The number of nitrogens with zero attached hydrogens (tertiary/aromatic N) is 3. The van der Waals surface area contributed by atoms with Crippen LogP contribution in [0.4, 0.5) is 23.4 Å². The number of alkyl halides is 3. The van der Waals surface area contributed by atoms with Crippen LogP contribution < -0.4 is 5.32 Å². The Hall–Kier alpha value is -4.79. The van der Waals surface area contributed by atoms with E-state index in [4.69, 9.17) is 0 Å². The first kappa shape index (κ1) is 28.3. The molecule has 0 saturated heterocycles. The summed E-state index contributed by atoms with van der Waals surface area (Å²) >= 11 is 0. The van der Waals surface area contributed by atoms with Gasteiger partial charge in [0.15, 0.2) is 0 Å². The van der Waals surface area contributed by atoms with Crippen LogP contribution in [-0.2, 0) is 19.1 Å². The molecule has 1 heterocycles. The summed E-state index contributed by atoms with van der Waals surface area (Å²) in [5.74, 6) is -1.05. The first-order valence-corrected chi connectivity index (χ1v) is 14.1. The molecule has 1 aromatic heterocycles. The third kappa shape index (κ3) is 6.51. The van der Waals surface area contributed by atoms with E-state index in [0.29, 0.717) is 12.6 Å². The van der Waals surface area contributed by atoms with Crippen molar-refractivity contribution < 1.29 is 22.4 Å². The van der Waals surface area contributed by atoms with Gasteiger partial charge in [0.05, 0.1) is 16.6 Å². The summed E-state index contributed by atoms with van der Waals surface area (Å²) in [6.45, 7) is 0.918. The van der Waals surface area contributed by atoms with Crippen molar-refractivity contribution in [2.75, 3.05) is 11.9 Å². The van der Waals surface area contributed by atoms with Gasteiger partial charge in [0.1, 0.15) is 18.0 Å². The number of nitrogens with one attached hydrogen (secondary N) is 1. The summed E-state index contributed by atoms with van der Waals surface area (Å²) in [4.78, 5) is 23.7. The Morgan fingerprint density at radius 1 is 0.860 bits per heavy atom. The molecule has 0 atom stereocenters. The molecule has 1 N–H and O–H groups in total. The summed E-state index contributed by atoms with van der Waals surface area (Å²) in [7, 11) is 0. The van der Waals surface area contributed by atoms with Gasteiger partial charge < -0.3 is 10.2 Å². The van der Waals surface area contributed by atoms with E-state index in [1.807, 2.05) is 60.7 Å². The maximum absolute atomic E-state index is 14.7. The fourth-order valence-electron chi connectivity index (χ4n) is 5.17. The number of hydrogen-bond acceptors (Lipinski definition) is 4. The molecule has 5 nitrogen and oxygen atoms in total. The summed E-state index contributed by atoms with van der Waals surface area (Å²) in [5.41, 5.74) is 3.23. The average Bonchev–Trinajstić information content (AvgIpc) is 3.85. The van der Waals surface area contributed by atoms with Gasteiger partial charge in [-0.2, -0.15) is 13.2 Å². The van der Waals surface area contributed by atoms with E-state index in [-0.39, 0.29) is 18.2 Å². The quantitative estimate of drug-likeness (QED) is 0.179.